The van der Waals surface area contributed by atoms with Crippen LogP contribution < -0.4 is 0 Å². The van der Waals surface area contributed by atoms with Crippen molar-refractivity contribution in [2.75, 3.05) is 0 Å². The summed E-state index contributed by atoms with van der Waals surface area (Å²) in [6, 6.07) is 9.41. The van der Waals surface area contributed by atoms with E-state index >= 15 is 0 Å². The van der Waals surface area contributed by atoms with Gasteiger partial charge in [0.25, 0.3) is 0 Å². The van der Waals surface area contributed by atoms with Crippen LogP contribution in [0.25, 0.3) is 0 Å². The maximum atomic E-state index is 12.1. The molecule has 0 aliphatic rings. The van der Waals surface area contributed by atoms with E-state index in [0.717, 1.165) is 11.1 Å². The lowest BCUT2D eigenvalue weighted by molar-refractivity contribution is 0.103. The number of hydrogen-bond donors (Lipinski definition) is 0. The maximum Gasteiger partial charge on any atom is 0.194 e. The fourth-order valence-electron chi connectivity index (χ4n) is 1.72. The number of carbonyl (C=O) groups is 1. The Morgan fingerprint density at radius 1 is 1.19 bits per heavy atom. The lowest BCUT2D eigenvalue weighted by atomic mass is 9.99. The molecule has 2 aromatic rings. The standard InChI is InChI=1S/C14H13NO/c1-10-5-6-13(11(2)8-10)14(16)12-4-3-7-15-9-12/h3-9H,1-2H3. The van der Waals surface area contributed by atoms with Gasteiger partial charge in [-0.05, 0) is 31.5 Å². The molecule has 1 heterocycles. The van der Waals surface area contributed by atoms with Crippen molar-refractivity contribution < 1.29 is 4.79 Å². The number of ketones is 1. The van der Waals surface area contributed by atoms with E-state index in [2.05, 4.69) is 4.98 Å². The minimum Gasteiger partial charge on any atom is -0.289 e. The summed E-state index contributed by atoms with van der Waals surface area (Å²) in [5.74, 6) is 0.0330. The van der Waals surface area contributed by atoms with Gasteiger partial charge < -0.3 is 0 Å². The largest absolute Gasteiger partial charge is 0.289 e. The molecule has 1 aromatic carbocycles. The number of aromatic nitrogens is 1. The van der Waals surface area contributed by atoms with Crippen LogP contribution in [-0.2, 0) is 0 Å². The number of nitrogens with zero attached hydrogens (tertiary/aromatic N) is 1. The summed E-state index contributed by atoms with van der Waals surface area (Å²) < 4.78 is 0. The maximum absolute atomic E-state index is 12.1. The van der Waals surface area contributed by atoms with Crippen molar-refractivity contribution in [2.45, 2.75) is 13.8 Å². The highest BCUT2D eigenvalue weighted by Gasteiger charge is 2.11. The van der Waals surface area contributed by atoms with Crippen molar-refractivity contribution in [3.8, 4) is 0 Å². The number of hydrogen-bond acceptors (Lipinski definition) is 2. The summed E-state index contributed by atoms with van der Waals surface area (Å²) in [5, 5.41) is 0. The van der Waals surface area contributed by atoms with Gasteiger partial charge in [0.2, 0.25) is 0 Å². The van der Waals surface area contributed by atoms with Crippen LogP contribution in [0.2, 0.25) is 0 Å². The van der Waals surface area contributed by atoms with Gasteiger partial charge in [-0.2, -0.15) is 0 Å². The molecule has 0 fully saturated rings. The predicted octanol–water partition coefficient (Wildman–Crippen LogP) is 2.93. The zero-order valence-electron chi connectivity index (χ0n) is 9.40. The first-order valence-electron chi connectivity index (χ1n) is 5.20. The van der Waals surface area contributed by atoms with Crippen LogP contribution in [0.1, 0.15) is 27.0 Å². The number of rotatable bonds is 2. The van der Waals surface area contributed by atoms with E-state index in [1.54, 1.807) is 24.5 Å². The Kier molecular flexibility index (Phi) is 2.82. The summed E-state index contributed by atoms with van der Waals surface area (Å²) in [5.41, 5.74) is 3.56. The zero-order valence-corrected chi connectivity index (χ0v) is 9.40. The molecule has 0 bridgehead atoms. The topological polar surface area (TPSA) is 30.0 Å². The first-order chi connectivity index (χ1) is 7.68. The minimum atomic E-state index is 0.0330. The summed E-state index contributed by atoms with van der Waals surface area (Å²) in [6.07, 6.45) is 3.26. The number of carbonyl (C=O) groups excluding carboxylic acids is 1. The highest BCUT2D eigenvalue weighted by molar-refractivity contribution is 6.09. The Morgan fingerprint density at radius 3 is 2.62 bits per heavy atom. The summed E-state index contributed by atoms with van der Waals surface area (Å²) in [6.45, 7) is 3.97. The van der Waals surface area contributed by atoms with E-state index in [1.165, 1.54) is 5.56 Å². The Bertz CT molecular complexity index is 518. The highest BCUT2D eigenvalue weighted by Crippen LogP contribution is 2.14. The summed E-state index contributed by atoms with van der Waals surface area (Å²) in [4.78, 5) is 16.1. The SMILES string of the molecule is Cc1ccc(C(=O)c2cccnc2)c(C)c1. The molecule has 0 aliphatic heterocycles. The van der Waals surface area contributed by atoms with Gasteiger partial charge >= 0.3 is 0 Å². The summed E-state index contributed by atoms with van der Waals surface area (Å²) in [7, 11) is 0. The smallest absolute Gasteiger partial charge is 0.194 e. The highest BCUT2D eigenvalue weighted by atomic mass is 16.1. The van der Waals surface area contributed by atoms with Gasteiger partial charge in [0.15, 0.2) is 5.78 Å². The third-order valence-corrected chi connectivity index (χ3v) is 2.55. The average Bonchev–Trinajstić information content (AvgIpc) is 2.29. The van der Waals surface area contributed by atoms with Gasteiger partial charge in [0.05, 0.1) is 0 Å². The van der Waals surface area contributed by atoms with Crippen LogP contribution in [0.15, 0.2) is 42.7 Å². The summed E-state index contributed by atoms with van der Waals surface area (Å²) >= 11 is 0. The normalized spacial score (nSPS) is 10.1. The minimum absolute atomic E-state index is 0.0330. The fraction of sp³-hybridized carbons (Fsp3) is 0.143. The van der Waals surface area contributed by atoms with Gasteiger partial charge in [-0.15, -0.1) is 0 Å². The van der Waals surface area contributed by atoms with Crippen molar-refractivity contribution in [1.82, 2.24) is 4.98 Å². The number of pyridine rings is 1. The van der Waals surface area contributed by atoms with Crippen LogP contribution >= 0.6 is 0 Å². The molecule has 80 valence electrons. The van der Waals surface area contributed by atoms with Crippen LogP contribution in [0.3, 0.4) is 0 Å². The van der Waals surface area contributed by atoms with E-state index in [1.807, 2.05) is 32.0 Å². The quantitative estimate of drug-likeness (QED) is 0.715. The molecule has 0 saturated carbocycles. The van der Waals surface area contributed by atoms with Gasteiger partial charge in [0, 0.05) is 23.5 Å². The molecule has 1 aromatic heterocycles. The van der Waals surface area contributed by atoms with Crippen molar-refractivity contribution in [3.63, 3.8) is 0 Å². The third-order valence-electron chi connectivity index (χ3n) is 2.55. The Morgan fingerprint density at radius 2 is 2.00 bits per heavy atom. The van der Waals surface area contributed by atoms with Crippen molar-refractivity contribution in [3.05, 3.63) is 65.0 Å². The second-order valence-corrected chi connectivity index (χ2v) is 3.89. The molecule has 16 heavy (non-hydrogen) atoms. The molecule has 0 spiro atoms. The van der Waals surface area contributed by atoms with Gasteiger partial charge in [0.1, 0.15) is 0 Å². The van der Waals surface area contributed by atoms with Crippen LogP contribution in [0.4, 0.5) is 0 Å². The average molecular weight is 211 g/mol. The monoisotopic (exact) mass is 211 g/mol. The van der Waals surface area contributed by atoms with E-state index in [0.29, 0.717) is 5.56 Å². The van der Waals surface area contributed by atoms with Gasteiger partial charge in [-0.25, -0.2) is 0 Å². The number of benzene rings is 1. The molecule has 0 radical (unpaired) electrons. The van der Waals surface area contributed by atoms with Crippen molar-refractivity contribution in [2.24, 2.45) is 0 Å². The third kappa shape index (κ3) is 2.01. The molecule has 0 aliphatic carbocycles. The molecule has 0 amide bonds. The first-order valence-corrected chi connectivity index (χ1v) is 5.20. The van der Waals surface area contributed by atoms with Crippen molar-refractivity contribution in [1.29, 1.82) is 0 Å². The zero-order chi connectivity index (χ0) is 11.5. The molecule has 0 unspecified atom stereocenters. The van der Waals surface area contributed by atoms with E-state index in [9.17, 15) is 4.79 Å². The van der Waals surface area contributed by atoms with Gasteiger partial charge in [-0.1, -0.05) is 23.8 Å². The van der Waals surface area contributed by atoms with Crippen molar-refractivity contribution >= 4 is 5.78 Å². The second-order valence-electron chi connectivity index (χ2n) is 3.89. The van der Waals surface area contributed by atoms with Crippen LogP contribution in [0.5, 0.6) is 0 Å². The number of aryl methyl sites for hydroxylation is 2. The second kappa shape index (κ2) is 4.27. The predicted molar refractivity (Wildman–Crippen MR) is 63.6 cm³/mol. The molecule has 0 atom stereocenters. The van der Waals surface area contributed by atoms with Gasteiger partial charge in [-0.3, -0.25) is 9.78 Å². The Balaban J connectivity index is 2.42. The Hall–Kier alpha value is -1.96. The first kappa shape index (κ1) is 10.6. The molecule has 0 N–H and O–H groups in total. The molecule has 2 rings (SSSR count). The molecular formula is C14H13NO. The molecule has 2 heteroatoms. The Labute approximate surface area is 95.0 Å². The van der Waals surface area contributed by atoms with E-state index in [-0.39, 0.29) is 5.78 Å². The molecule has 2 nitrogen and oxygen atoms in total. The fourth-order valence-corrected chi connectivity index (χ4v) is 1.72. The lowest BCUT2D eigenvalue weighted by Gasteiger charge is -2.05. The van der Waals surface area contributed by atoms with Crippen LogP contribution in [-0.4, -0.2) is 10.8 Å². The van der Waals surface area contributed by atoms with E-state index in [4.69, 9.17) is 0 Å². The molecular weight excluding hydrogens is 198 g/mol. The lowest BCUT2D eigenvalue weighted by Crippen LogP contribution is -2.04. The molecule has 0 saturated heterocycles. The van der Waals surface area contributed by atoms with Crippen LogP contribution in [0, 0.1) is 13.8 Å². The van der Waals surface area contributed by atoms with E-state index < -0.39 is 0 Å².